The van der Waals surface area contributed by atoms with E-state index in [2.05, 4.69) is 16.0 Å². The predicted molar refractivity (Wildman–Crippen MR) is 359 cm³/mol. The van der Waals surface area contributed by atoms with Gasteiger partial charge in [0.05, 0.1) is 18.8 Å². The number of allylic oxidation sites excluding steroid dienone is 2. The average molecular weight is 1320 g/mol. The molecule has 0 bridgehead atoms. The van der Waals surface area contributed by atoms with Crippen LogP contribution in [0.5, 0.6) is 0 Å². The molecule has 1 aliphatic carbocycles. The second kappa shape index (κ2) is 36.3. The standard InChI is InChI=1S/C71H110N8O15/c1-23-25-30-44(11)61(94-47(14)80)60(63(83)73-53(24-2)69(89)92-22)79(21)68(88)59(43(9)10)78(20)65(85)55(36-41(5)6)76(18)66(86)56(38-71(15,16)91)77(19)64(84)46(13)72-62(82)45(12)37-57(81)54(35-40(3)4)75(17)67(87)58(42(7)8)74-70(90)93-39-52-50-33-28-26-31-48(50)49-32-27-29-34-51(49)52/h23,25-29,31-34,40-46,52-56,58-61,91H,24,30,35-39H2,1-22H3,(H,72,82)(H,73,83)(H,74,90)/b25-23+/t44-,45-,46-,53+,54+,55+,56+,58+,59+,60+,61-/m1/s1. The lowest BCUT2D eigenvalue weighted by Crippen LogP contribution is -2.63. The van der Waals surface area contributed by atoms with Crippen LogP contribution in [0.15, 0.2) is 60.7 Å². The number of amides is 8. The molecular formula is C71H110N8O15. The number of hydrogen-bond acceptors (Lipinski definition) is 15. The molecule has 524 valence electrons. The zero-order valence-corrected chi connectivity index (χ0v) is 59.9. The normalized spacial score (nSPS) is 15.8. The average Bonchev–Trinajstić information content (AvgIpc) is 0.942. The monoisotopic (exact) mass is 1310 g/mol. The fraction of sp³-hybridized carbons (Fsp3) is 0.648. The molecule has 4 N–H and O–H groups in total. The molecule has 0 heterocycles. The summed E-state index contributed by atoms with van der Waals surface area (Å²) in [7, 11) is 8.16. The van der Waals surface area contributed by atoms with Gasteiger partial charge in [-0.05, 0) is 105 Å². The third-order valence-corrected chi connectivity index (χ3v) is 17.5. The highest BCUT2D eigenvalue weighted by Crippen LogP contribution is 2.44. The van der Waals surface area contributed by atoms with Gasteiger partial charge in [-0.25, -0.2) is 9.59 Å². The molecule has 8 amide bonds. The predicted octanol–water partition coefficient (Wildman–Crippen LogP) is 7.30. The highest BCUT2D eigenvalue weighted by molar-refractivity contribution is 5.98. The Bertz CT molecular complexity index is 2950. The summed E-state index contributed by atoms with van der Waals surface area (Å²) < 4.78 is 16.5. The van der Waals surface area contributed by atoms with E-state index in [0.717, 1.165) is 32.1 Å². The topological polar surface area (TPSA) is 288 Å². The Hall–Kier alpha value is -7.69. The molecule has 0 radical (unpaired) electrons. The summed E-state index contributed by atoms with van der Waals surface area (Å²) in [6, 6.07) is 5.90. The maximum absolute atomic E-state index is 15.2. The SMILES string of the molecule is C/C=C/C[C@@H](C)[C@@H](OC(C)=O)[C@@H](C(=O)N[C@@H](CC)C(=O)OC)N(C)C(=O)[C@H](C(C)C)N(C)C(=O)[C@H](CC(C)C)N(C)C(=O)[C@H](CC(C)(C)O)N(C)C(=O)[C@@H](C)NC(=O)[C@H](C)CC(=O)[C@H](CC(C)C)N(C)C(=O)[C@@H](NC(=O)OCC1c2ccccc2-c2ccccc21)C(C)C. The van der Waals surface area contributed by atoms with Crippen molar-refractivity contribution in [2.75, 3.05) is 49.0 Å². The van der Waals surface area contributed by atoms with Crippen LogP contribution >= 0.6 is 0 Å². The number of ether oxygens (including phenoxy) is 3. The molecule has 3 rings (SSSR count). The number of aliphatic hydroxyl groups is 1. The number of hydrogen-bond donors (Lipinski definition) is 4. The van der Waals surface area contributed by atoms with E-state index in [1.54, 1.807) is 54.5 Å². The summed E-state index contributed by atoms with van der Waals surface area (Å²) in [5, 5.41) is 19.4. The van der Waals surface area contributed by atoms with Crippen LogP contribution in [0.4, 0.5) is 4.79 Å². The number of methoxy groups -OCH3 is 1. The highest BCUT2D eigenvalue weighted by Gasteiger charge is 2.47. The molecule has 0 aromatic heterocycles. The second-order valence-corrected chi connectivity index (χ2v) is 27.5. The van der Waals surface area contributed by atoms with E-state index < -0.39 is 149 Å². The van der Waals surface area contributed by atoms with Crippen LogP contribution in [0.1, 0.15) is 166 Å². The summed E-state index contributed by atoms with van der Waals surface area (Å²) in [6.45, 7) is 26.7. The van der Waals surface area contributed by atoms with Gasteiger partial charge in [-0.2, -0.15) is 0 Å². The Kier molecular flexibility index (Phi) is 31.1. The maximum atomic E-state index is 15.2. The molecular weight excluding hydrogens is 1200 g/mol. The molecule has 0 saturated heterocycles. The van der Waals surface area contributed by atoms with Crippen LogP contribution in [0.2, 0.25) is 0 Å². The van der Waals surface area contributed by atoms with Crippen molar-refractivity contribution in [3.05, 3.63) is 71.8 Å². The second-order valence-electron chi connectivity index (χ2n) is 27.5. The molecule has 0 unspecified atom stereocenters. The van der Waals surface area contributed by atoms with Gasteiger partial charge in [0, 0.05) is 66.8 Å². The van der Waals surface area contributed by atoms with Crippen LogP contribution in [0.25, 0.3) is 11.1 Å². The molecule has 23 nitrogen and oxygen atoms in total. The Morgan fingerprint density at radius 2 is 1.12 bits per heavy atom. The van der Waals surface area contributed by atoms with Crippen molar-refractivity contribution in [2.24, 2.45) is 35.5 Å². The van der Waals surface area contributed by atoms with Gasteiger partial charge in [-0.3, -0.25) is 43.2 Å². The van der Waals surface area contributed by atoms with E-state index in [4.69, 9.17) is 14.2 Å². The van der Waals surface area contributed by atoms with Crippen molar-refractivity contribution in [3.8, 4) is 11.1 Å². The van der Waals surface area contributed by atoms with Crippen LogP contribution in [0, 0.1) is 35.5 Å². The summed E-state index contributed by atoms with van der Waals surface area (Å²) in [5.74, 6) is -9.88. The number of ketones is 1. The first-order chi connectivity index (χ1) is 43.8. The van der Waals surface area contributed by atoms with E-state index in [1.807, 2.05) is 82.3 Å². The number of esters is 2. The Morgan fingerprint density at radius 1 is 0.617 bits per heavy atom. The van der Waals surface area contributed by atoms with Crippen molar-refractivity contribution in [3.63, 3.8) is 0 Å². The largest absolute Gasteiger partial charge is 0.467 e. The van der Waals surface area contributed by atoms with Crippen molar-refractivity contribution in [1.29, 1.82) is 0 Å². The van der Waals surface area contributed by atoms with Gasteiger partial charge >= 0.3 is 18.0 Å². The molecule has 94 heavy (non-hydrogen) atoms. The number of carbonyl (C=O) groups excluding carboxylic acids is 11. The lowest BCUT2D eigenvalue weighted by atomic mass is 9.91. The summed E-state index contributed by atoms with van der Waals surface area (Å²) in [4.78, 5) is 162. The first-order valence-corrected chi connectivity index (χ1v) is 32.9. The summed E-state index contributed by atoms with van der Waals surface area (Å²) in [5.41, 5.74) is 2.62. The molecule has 0 aliphatic heterocycles. The molecule has 1 aliphatic rings. The minimum atomic E-state index is -1.57. The maximum Gasteiger partial charge on any atom is 0.407 e. The fourth-order valence-electron chi connectivity index (χ4n) is 12.2. The Morgan fingerprint density at radius 3 is 1.60 bits per heavy atom. The Labute approximate surface area is 558 Å². The zero-order valence-electron chi connectivity index (χ0n) is 59.9. The van der Waals surface area contributed by atoms with E-state index in [1.165, 1.54) is 91.7 Å². The van der Waals surface area contributed by atoms with Crippen LogP contribution in [-0.4, -0.2) is 204 Å². The number of Topliss-reactive ketones (excluding diaryl/α,β-unsaturated/α-hetero) is 1. The third-order valence-electron chi connectivity index (χ3n) is 17.5. The zero-order chi connectivity index (χ0) is 71.5. The van der Waals surface area contributed by atoms with Crippen LogP contribution < -0.4 is 16.0 Å². The van der Waals surface area contributed by atoms with Crippen molar-refractivity contribution in [1.82, 2.24) is 40.4 Å². The number of carbonyl (C=O) groups is 11. The quantitative estimate of drug-likeness (QED) is 0.0299. The van der Waals surface area contributed by atoms with Gasteiger partial charge in [0.2, 0.25) is 41.4 Å². The number of fused-ring (bicyclic) bond motifs is 3. The fourth-order valence-corrected chi connectivity index (χ4v) is 12.2. The minimum absolute atomic E-state index is 0.0292. The molecule has 11 atom stereocenters. The Balaban J connectivity index is 1.88. The van der Waals surface area contributed by atoms with E-state index in [-0.39, 0.29) is 56.5 Å². The number of benzene rings is 2. The van der Waals surface area contributed by atoms with Crippen molar-refractivity contribution < 1.29 is 72.1 Å². The summed E-state index contributed by atoms with van der Waals surface area (Å²) in [6.07, 6.45) is 1.70. The third kappa shape index (κ3) is 21.7. The van der Waals surface area contributed by atoms with Gasteiger partial charge in [0.25, 0.3) is 0 Å². The smallest absolute Gasteiger partial charge is 0.407 e. The lowest BCUT2D eigenvalue weighted by molar-refractivity contribution is -0.164. The van der Waals surface area contributed by atoms with Gasteiger partial charge in [-0.15, -0.1) is 0 Å². The number of likely N-dealkylation sites (N-methyl/N-ethyl adjacent to an activating group) is 5. The molecule has 0 saturated carbocycles. The van der Waals surface area contributed by atoms with Crippen molar-refractivity contribution >= 4 is 65.2 Å². The first kappa shape index (κ1) is 80.5. The molecule has 2 aromatic rings. The van der Waals surface area contributed by atoms with E-state index in [9.17, 15) is 43.5 Å². The molecule has 2 aromatic carbocycles. The number of nitrogens with zero attached hydrogens (tertiary/aromatic N) is 5. The number of alkyl carbamates (subject to hydrolysis) is 1. The van der Waals surface area contributed by atoms with Gasteiger partial charge in [0.15, 0.2) is 5.78 Å². The van der Waals surface area contributed by atoms with Gasteiger partial charge < -0.3 is 59.8 Å². The van der Waals surface area contributed by atoms with Crippen molar-refractivity contribution in [2.45, 2.75) is 215 Å². The van der Waals surface area contributed by atoms with E-state index in [0.29, 0.717) is 6.42 Å². The number of rotatable bonds is 35. The van der Waals surface area contributed by atoms with Crippen LogP contribution in [-0.2, 0) is 62.2 Å². The molecule has 0 fully saturated rings. The molecule has 23 heteroatoms. The molecule has 0 spiro atoms. The van der Waals surface area contributed by atoms with E-state index >= 15 is 14.4 Å². The lowest BCUT2D eigenvalue weighted by Gasteiger charge is -2.42. The van der Waals surface area contributed by atoms with Gasteiger partial charge in [-0.1, -0.05) is 137 Å². The summed E-state index contributed by atoms with van der Waals surface area (Å²) >= 11 is 0. The first-order valence-electron chi connectivity index (χ1n) is 32.9. The minimum Gasteiger partial charge on any atom is -0.467 e. The van der Waals surface area contributed by atoms with Gasteiger partial charge in [0.1, 0.15) is 55.0 Å². The highest BCUT2D eigenvalue weighted by atomic mass is 16.6. The number of nitrogens with one attached hydrogen (secondary N) is 3. The van der Waals surface area contributed by atoms with Crippen LogP contribution in [0.3, 0.4) is 0 Å².